The van der Waals surface area contributed by atoms with Gasteiger partial charge in [-0.15, -0.1) is 0 Å². The van der Waals surface area contributed by atoms with Crippen LogP contribution in [-0.2, 0) is 0 Å². The number of halogens is 1. The maximum absolute atomic E-state index is 12.4. The lowest BCUT2D eigenvalue weighted by molar-refractivity contribution is 0.0669. The topological polar surface area (TPSA) is 66.6 Å². The molecule has 0 saturated carbocycles. The lowest BCUT2D eigenvalue weighted by Crippen LogP contribution is -2.40. The predicted octanol–water partition coefficient (Wildman–Crippen LogP) is 2.20. The van der Waals surface area contributed by atoms with Crippen molar-refractivity contribution in [2.75, 3.05) is 19.6 Å². The number of hydrogen-bond donors (Lipinski definition) is 2. The monoisotopic (exact) mass is 374 g/mol. The minimum Gasteiger partial charge on any atom is -0.507 e. The zero-order valence-electron chi connectivity index (χ0n) is 10.8. The molecule has 3 N–H and O–H groups in total. The molecule has 2 rings (SSSR count). The molecule has 0 aromatic heterocycles. The van der Waals surface area contributed by atoms with Crippen LogP contribution in [0, 0.1) is 9.49 Å². The minimum absolute atomic E-state index is 0.00780. The molecule has 1 aromatic rings. The Balaban J connectivity index is 2.08. The van der Waals surface area contributed by atoms with Crippen LogP contribution in [0.2, 0.25) is 0 Å². The summed E-state index contributed by atoms with van der Waals surface area (Å²) in [5.74, 6) is 0.690. The van der Waals surface area contributed by atoms with Crippen molar-refractivity contribution in [2.24, 2.45) is 11.7 Å². The molecule has 0 radical (unpaired) electrons. The fourth-order valence-electron chi connectivity index (χ4n) is 2.55. The zero-order valence-corrected chi connectivity index (χ0v) is 13.0. The van der Waals surface area contributed by atoms with Gasteiger partial charge in [0.15, 0.2) is 0 Å². The van der Waals surface area contributed by atoms with E-state index in [0.717, 1.165) is 35.9 Å². The van der Waals surface area contributed by atoms with Gasteiger partial charge in [0.2, 0.25) is 0 Å². The summed E-state index contributed by atoms with van der Waals surface area (Å²) < 4.78 is 0.758. The zero-order chi connectivity index (χ0) is 13.8. The van der Waals surface area contributed by atoms with Crippen LogP contribution in [0.3, 0.4) is 0 Å². The lowest BCUT2D eigenvalue weighted by Gasteiger charge is -2.32. The van der Waals surface area contributed by atoms with Gasteiger partial charge in [0, 0.05) is 18.7 Å². The fraction of sp³-hybridized carbons (Fsp3) is 0.500. The molecule has 5 heteroatoms. The molecule has 4 nitrogen and oxygen atoms in total. The van der Waals surface area contributed by atoms with Crippen LogP contribution in [0.5, 0.6) is 5.75 Å². The van der Waals surface area contributed by atoms with E-state index in [4.69, 9.17) is 5.73 Å². The summed E-state index contributed by atoms with van der Waals surface area (Å²) in [4.78, 5) is 14.3. The van der Waals surface area contributed by atoms with E-state index >= 15 is 0 Å². The fourth-order valence-corrected chi connectivity index (χ4v) is 2.88. The summed E-state index contributed by atoms with van der Waals surface area (Å²) in [5, 5.41) is 9.69. The van der Waals surface area contributed by atoms with Crippen LogP contribution in [-0.4, -0.2) is 35.5 Å². The maximum Gasteiger partial charge on any atom is 0.253 e. The number of nitrogens with two attached hydrogens (primary N) is 1. The van der Waals surface area contributed by atoms with Crippen molar-refractivity contribution in [1.29, 1.82) is 0 Å². The Kier molecular flexibility index (Phi) is 5.04. The molecule has 0 aliphatic carbocycles. The number of amides is 1. The Labute approximate surface area is 127 Å². The standard InChI is InChI=1S/C14H19IN2O2/c15-12-4-3-11(8-13(12)18)14(19)17-7-1-2-10(9-17)5-6-16/h3-4,8,10,18H,1-2,5-7,9,16H2. The van der Waals surface area contributed by atoms with E-state index in [9.17, 15) is 9.90 Å². The second-order valence-corrected chi connectivity index (χ2v) is 6.17. The molecule has 1 unspecified atom stereocenters. The Morgan fingerprint density at radius 2 is 2.32 bits per heavy atom. The summed E-state index contributed by atoms with van der Waals surface area (Å²) in [5.41, 5.74) is 6.15. The number of phenols is 1. The maximum atomic E-state index is 12.4. The Morgan fingerprint density at radius 1 is 1.53 bits per heavy atom. The molecular formula is C14H19IN2O2. The normalized spacial score (nSPS) is 19.5. The van der Waals surface area contributed by atoms with Crippen molar-refractivity contribution in [1.82, 2.24) is 4.90 Å². The SMILES string of the molecule is NCCC1CCCN(C(=O)c2ccc(I)c(O)c2)C1. The van der Waals surface area contributed by atoms with E-state index in [2.05, 4.69) is 0 Å². The smallest absolute Gasteiger partial charge is 0.253 e. The molecule has 19 heavy (non-hydrogen) atoms. The number of nitrogens with zero attached hydrogens (tertiary/aromatic N) is 1. The van der Waals surface area contributed by atoms with Crippen LogP contribution in [0.25, 0.3) is 0 Å². The largest absolute Gasteiger partial charge is 0.507 e. The number of hydrogen-bond acceptors (Lipinski definition) is 3. The van der Waals surface area contributed by atoms with Crippen molar-refractivity contribution in [2.45, 2.75) is 19.3 Å². The van der Waals surface area contributed by atoms with Crippen molar-refractivity contribution >= 4 is 28.5 Å². The van der Waals surface area contributed by atoms with Crippen LogP contribution in [0.15, 0.2) is 18.2 Å². The van der Waals surface area contributed by atoms with Crippen molar-refractivity contribution in [3.05, 3.63) is 27.3 Å². The van der Waals surface area contributed by atoms with Crippen LogP contribution < -0.4 is 5.73 Å². The second-order valence-electron chi connectivity index (χ2n) is 5.00. The van der Waals surface area contributed by atoms with Crippen LogP contribution in [0.4, 0.5) is 0 Å². The van der Waals surface area contributed by atoms with Gasteiger partial charge in [0.1, 0.15) is 5.75 Å². The average molecular weight is 374 g/mol. The van der Waals surface area contributed by atoms with Crippen LogP contribution in [0.1, 0.15) is 29.6 Å². The molecule has 1 fully saturated rings. The molecule has 1 aliphatic rings. The highest BCUT2D eigenvalue weighted by atomic mass is 127. The van der Waals surface area contributed by atoms with E-state index in [-0.39, 0.29) is 11.7 Å². The number of likely N-dealkylation sites (tertiary alicyclic amines) is 1. The van der Waals surface area contributed by atoms with Gasteiger partial charge in [-0.1, -0.05) is 0 Å². The highest BCUT2D eigenvalue weighted by Gasteiger charge is 2.24. The third-order valence-electron chi connectivity index (χ3n) is 3.57. The molecule has 1 heterocycles. The van der Waals surface area contributed by atoms with E-state index in [1.54, 1.807) is 18.2 Å². The van der Waals surface area contributed by atoms with Gasteiger partial charge in [-0.2, -0.15) is 0 Å². The van der Waals surface area contributed by atoms with Gasteiger partial charge in [-0.05, 0) is 72.5 Å². The molecule has 104 valence electrons. The van der Waals surface area contributed by atoms with Crippen LogP contribution >= 0.6 is 22.6 Å². The molecule has 1 aromatic carbocycles. The first-order valence-electron chi connectivity index (χ1n) is 6.59. The van der Waals surface area contributed by atoms with E-state index < -0.39 is 0 Å². The number of piperidine rings is 1. The van der Waals surface area contributed by atoms with Gasteiger partial charge >= 0.3 is 0 Å². The Hall–Kier alpha value is -0.820. The third-order valence-corrected chi connectivity index (χ3v) is 4.49. The molecule has 1 atom stereocenters. The highest BCUT2D eigenvalue weighted by molar-refractivity contribution is 14.1. The number of rotatable bonds is 3. The Bertz CT molecular complexity index is 463. The van der Waals surface area contributed by atoms with Gasteiger partial charge in [0.05, 0.1) is 3.57 Å². The highest BCUT2D eigenvalue weighted by Crippen LogP contribution is 2.24. The van der Waals surface area contributed by atoms with E-state index in [1.165, 1.54) is 0 Å². The first-order valence-corrected chi connectivity index (χ1v) is 7.67. The van der Waals surface area contributed by atoms with E-state index in [0.29, 0.717) is 18.0 Å². The average Bonchev–Trinajstić information content (AvgIpc) is 2.42. The van der Waals surface area contributed by atoms with Gasteiger partial charge in [-0.3, -0.25) is 4.79 Å². The molecular weight excluding hydrogens is 355 g/mol. The third kappa shape index (κ3) is 3.60. The number of aromatic hydroxyl groups is 1. The van der Waals surface area contributed by atoms with E-state index in [1.807, 2.05) is 27.5 Å². The molecule has 1 aliphatic heterocycles. The molecule has 1 amide bonds. The Morgan fingerprint density at radius 3 is 3.00 bits per heavy atom. The summed E-state index contributed by atoms with van der Waals surface area (Å²) in [7, 11) is 0. The van der Waals surface area contributed by atoms with Crippen molar-refractivity contribution < 1.29 is 9.90 Å². The number of carbonyl (C=O) groups excluding carboxylic acids is 1. The number of carbonyl (C=O) groups is 1. The number of benzene rings is 1. The second kappa shape index (κ2) is 6.56. The van der Waals surface area contributed by atoms with Crippen molar-refractivity contribution in [3.8, 4) is 5.75 Å². The summed E-state index contributed by atoms with van der Waals surface area (Å²) in [6.07, 6.45) is 3.16. The quantitative estimate of drug-likeness (QED) is 0.798. The van der Waals surface area contributed by atoms with Gasteiger partial charge in [0.25, 0.3) is 5.91 Å². The van der Waals surface area contributed by atoms with Crippen molar-refractivity contribution in [3.63, 3.8) is 0 Å². The summed E-state index contributed by atoms with van der Waals surface area (Å²) in [6.45, 7) is 2.26. The molecule has 1 saturated heterocycles. The molecule has 0 spiro atoms. The predicted molar refractivity (Wildman–Crippen MR) is 83.1 cm³/mol. The lowest BCUT2D eigenvalue weighted by atomic mass is 9.94. The summed E-state index contributed by atoms with van der Waals surface area (Å²) >= 11 is 2.04. The summed E-state index contributed by atoms with van der Waals surface area (Å²) in [6, 6.07) is 5.09. The van der Waals surface area contributed by atoms with Gasteiger partial charge in [-0.25, -0.2) is 0 Å². The minimum atomic E-state index is 0.00780. The first-order chi connectivity index (χ1) is 9.11. The number of phenolic OH excluding ortho intramolecular Hbond substituents is 1. The first kappa shape index (κ1) is 14.6. The van der Waals surface area contributed by atoms with Gasteiger partial charge < -0.3 is 15.7 Å². The molecule has 0 bridgehead atoms.